The SMILES string of the molecule is CN=Cc1cc(CN)c(F)cc1N. The van der Waals surface area contributed by atoms with Crippen LogP contribution >= 0.6 is 0 Å². The highest BCUT2D eigenvalue weighted by molar-refractivity contribution is 5.87. The Kier molecular flexibility index (Phi) is 2.97. The van der Waals surface area contributed by atoms with E-state index in [4.69, 9.17) is 11.5 Å². The molecule has 1 aromatic rings. The summed E-state index contributed by atoms with van der Waals surface area (Å²) in [7, 11) is 1.63. The van der Waals surface area contributed by atoms with Crippen molar-refractivity contribution in [2.24, 2.45) is 10.7 Å². The fourth-order valence-corrected chi connectivity index (χ4v) is 1.06. The van der Waals surface area contributed by atoms with Crippen LogP contribution in [-0.2, 0) is 6.54 Å². The lowest BCUT2D eigenvalue weighted by Crippen LogP contribution is -2.03. The number of hydrogen-bond acceptors (Lipinski definition) is 3. The molecule has 0 saturated carbocycles. The molecule has 0 aliphatic rings. The van der Waals surface area contributed by atoms with Crippen LogP contribution in [-0.4, -0.2) is 13.3 Å². The van der Waals surface area contributed by atoms with Crippen LogP contribution < -0.4 is 11.5 Å². The van der Waals surface area contributed by atoms with Crippen molar-refractivity contribution in [2.45, 2.75) is 6.54 Å². The van der Waals surface area contributed by atoms with E-state index in [0.717, 1.165) is 0 Å². The molecule has 0 aliphatic heterocycles. The van der Waals surface area contributed by atoms with Crippen LogP contribution in [0.2, 0.25) is 0 Å². The summed E-state index contributed by atoms with van der Waals surface area (Å²) in [6.07, 6.45) is 1.58. The molecule has 0 aliphatic carbocycles. The Bertz CT molecular complexity index is 334. The summed E-state index contributed by atoms with van der Waals surface area (Å²) in [5.74, 6) is -0.367. The average molecular weight is 181 g/mol. The minimum absolute atomic E-state index is 0.163. The van der Waals surface area contributed by atoms with Crippen molar-refractivity contribution in [2.75, 3.05) is 12.8 Å². The van der Waals surface area contributed by atoms with E-state index in [1.807, 2.05) is 0 Å². The van der Waals surface area contributed by atoms with Crippen molar-refractivity contribution >= 4 is 11.9 Å². The maximum atomic E-state index is 13.1. The van der Waals surface area contributed by atoms with Crippen LogP contribution in [0, 0.1) is 5.82 Å². The summed E-state index contributed by atoms with van der Waals surface area (Å²) in [4.78, 5) is 3.80. The van der Waals surface area contributed by atoms with Crippen LogP contribution in [0.15, 0.2) is 17.1 Å². The smallest absolute Gasteiger partial charge is 0.129 e. The molecule has 1 rings (SSSR count). The largest absolute Gasteiger partial charge is 0.398 e. The lowest BCUT2D eigenvalue weighted by atomic mass is 10.1. The van der Waals surface area contributed by atoms with Crippen LogP contribution in [0.1, 0.15) is 11.1 Å². The zero-order valence-electron chi connectivity index (χ0n) is 7.42. The first-order chi connectivity index (χ1) is 6.19. The van der Waals surface area contributed by atoms with Crippen molar-refractivity contribution in [1.29, 1.82) is 0 Å². The third-order valence-corrected chi connectivity index (χ3v) is 1.74. The Balaban J connectivity index is 3.22. The van der Waals surface area contributed by atoms with Gasteiger partial charge in [0.25, 0.3) is 0 Å². The number of hydrogen-bond donors (Lipinski definition) is 2. The second kappa shape index (κ2) is 4.00. The van der Waals surface area contributed by atoms with E-state index in [-0.39, 0.29) is 12.4 Å². The predicted molar refractivity (Wildman–Crippen MR) is 52.2 cm³/mol. The summed E-state index contributed by atoms with van der Waals surface area (Å²) < 4.78 is 13.1. The van der Waals surface area contributed by atoms with Gasteiger partial charge in [-0.1, -0.05) is 0 Å². The Morgan fingerprint density at radius 3 is 2.77 bits per heavy atom. The fraction of sp³-hybridized carbons (Fsp3) is 0.222. The second-order valence-electron chi connectivity index (χ2n) is 2.66. The highest BCUT2D eigenvalue weighted by Crippen LogP contribution is 2.16. The highest BCUT2D eigenvalue weighted by Gasteiger charge is 2.04. The number of nitrogens with zero attached hydrogens (tertiary/aromatic N) is 1. The van der Waals surface area contributed by atoms with E-state index in [1.165, 1.54) is 6.07 Å². The van der Waals surface area contributed by atoms with Crippen molar-refractivity contribution in [3.05, 3.63) is 29.1 Å². The number of anilines is 1. The first-order valence-corrected chi connectivity index (χ1v) is 3.89. The van der Waals surface area contributed by atoms with E-state index >= 15 is 0 Å². The molecule has 0 spiro atoms. The summed E-state index contributed by atoms with van der Waals surface area (Å²) in [5.41, 5.74) is 12.4. The first kappa shape index (κ1) is 9.67. The van der Waals surface area contributed by atoms with Gasteiger partial charge in [-0.2, -0.15) is 0 Å². The quantitative estimate of drug-likeness (QED) is 0.526. The zero-order valence-corrected chi connectivity index (χ0v) is 7.42. The molecule has 1 aromatic carbocycles. The zero-order chi connectivity index (χ0) is 9.84. The number of nitrogen functional groups attached to an aromatic ring is 1. The van der Waals surface area contributed by atoms with Gasteiger partial charge < -0.3 is 11.5 Å². The minimum Gasteiger partial charge on any atom is -0.398 e. The fourth-order valence-electron chi connectivity index (χ4n) is 1.06. The third-order valence-electron chi connectivity index (χ3n) is 1.74. The first-order valence-electron chi connectivity index (χ1n) is 3.89. The van der Waals surface area contributed by atoms with Crippen LogP contribution in [0.3, 0.4) is 0 Å². The van der Waals surface area contributed by atoms with Crippen LogP contribution in [0.4, 0.5) is 10.1 Å². The molecule has 0 unspecified atom stereocenters. The molecule has 0 fully saturated rings. The van der Waals surface area contributed by atoms with Crippen molar-refractivity contribution in [1.82, 2.24) is 0 Å². The number of aliphatic imine (C=N–C) groups is 1. The summed E-state index contributed by atoms with van der Waals surface area (Å²) in [5, 5.41) is 0. The molecular formula is C9H12FN3. The standard InChI is InChI=1S/C9H12FN3/c1-13-5-7-2-6(4-11)8(10)3-9(7)12/h2-3,5H,4,11-12H2,1H3. The number of halogens is 1. The molecule has 4 N–H and O–H groups in total. The molecule has 3 nitrogen and oxygen atoms in total. The lowest BCUT2D eigenvalue weighted by Gasteiger charge is -2.04. The lowest BCUT2D eigenvalue weighted by molar-refractivity contribution is 0.611. The van der Waals surface area contributed by atoms with Gasteiger partial charge in [0.15, 0.2) is 0 Å². The van der Waals surface area contributed by atoms with E-state index in [2.05, 4.69) is 4.99 Å². The van der Waals surface area contributed by atoms with Gasteiger partial charge in [-0.25, -0.2) is 4.39 Å². The Morgan fingerprint density at radius 2 is 2.23 bits per heavy atom. The van der Waals surface area contributed by atoms with E-state index in [9.17, 15) is 4.39 Å². The number of rotatable bonds is 2. The van der Waals surface area contributed by atoms with Gasteiger partial charge in [0.2, 0.25) is 0 Å². The third kappa shape index (κ3) is 2.03. The molecule has 0 aromatic heterocycles. The second-order valence-corrected chi connectivity index (χ2v) is 2.66. The Hall–Kier alpha value is -1.42. The topological polar surface area (TPSA) is 64.4 Å². The van der Waals surface area contributed by atoms with Crippen molar-refractivity contribution in [3.8, 4) is 0 Å². The van der Waals surface area contributed by atoms with Gasteiger partial charge in [-0.15, -0.1) is 0 Å². The maximum absolute atomic E-state index is 13.1. The highest BCUT2D eigenvalue weighted by atomic mass is 19.1. The number of nitrogens with two attached hydrogens (primary N) is 2. The van der Waals surface area contributed by atoms with Gasteiger partial charge >= 0.3 is 0 Å². The summed E-state index contributed by atoms with van der Waals surface area (Å²) >= 11 is 0. The molecule has 0 bridgehead atoms. The molecule has 0 atom stereocenters. The van der Waals surface area contributed by atoms with Crippen molar-refractivity contribution < 1.29 is 4.39 Å². The van der Waals surface area contributed by atoms with E-state index in [1.54, 1.807) is 19.3 Å². The Labute approximate surface area is 76.3 Å². The van der Waals surface area contributed by atoms with Gasteiger partial charge in [0.05, 0.1) is 0 Å². The Morgan fingerprint density at radius 1 is 1.54 bits per heavy atom. The molecule has 0 heterocycles. The summed E-state index contributed by atoms with van der Waals surface area (Å²) in [6.45, 7) is 0.163. The van der Waals surface area contributed by atoms with Gasteiger partial charge in [0, 0.05) is 36.6 Å². The monoisotopic (exact) mass is 181 g/mol. The molecule has 4 heteroatoms. The normalized spacial score (nSPS) is 11.0. The van der Waals surface area contributed by atoms with Crippen LogP contribution in [0.25, 0.3) is 0 Å². The predicted octanol–water partition coefficient (Wildman–Crippen LogP) is 0.915. The van der Waals surface area contributed by atoms with Crippen LogP contribution in [0.5, 0.6) is 0 Å². The van der Waals surface area contributed by atoms with Crippen molar-refractivity contribution in [3.63, 3.8) is 0 Å². The molecular weight excluding hydrogens is 169 g/mol. The average Bonchev–Trinajstić information content (AvgIpc) is 2.10. The van der Waals surface area contributed by atoms with Gasteiger partial charge in [0.1, 0.15) is 5.82 Å². The van der Waals surface area contributed by atoms with Gasteiger partial charge in [-0.3, -0.25) is 4.99 Å². The summed E-state index contributed by atoms with van der Waals surface area (Å²) in [6, 6.07) is 2.87. The number of benzene rings is 1. The molecule has 0 radical (unpaired) electrons. The maximum Gasteiger partial charge on any atom is 0.129 e. The molecule has 0 saturated heterocycles. The minimum atomic E-state index is -0.367. The van der Waals surface area contributed by atoms with Gasteiger partial charge in [-0.05, 0) is 12.1 Å². The van der Waals surface area contributed by atoms with E-state index < -0.39 is 0 Å². The van der Waals surface area contributed by atoms with E-state index in [0.29, 0.717) is 16.8 Å². The molecule has 13 heavy (non-hydrogen) atoms. The molecule has 70 valence electrons. The molecule has 0 amide bonds.